The molecule has 21 heavy (non-hydrogen) atoms. The van der Waals surface area contributed by atoms with Gasteiger partial charge in [0.1, 0.15) is 5.75 Å². The number of hydrogen-bond acceptors (Lipinski definition) is 3. The molecule has 3 aliphatic rings. The van der Waals surface area contributed by atoms with Gasteiger partial charge in [0.25, 0.3) is 0 Å². The molecule has 4 rings (SSSR count). The molecule has 3 heteroatoms. The molecule has 3 saturated heterocycles. The normalized spacial score (nSPS) is 28.1. The maximum atomic E-state index is 5.53. The van der Waals surface area contributed by atoms with Crippen LogP contribution in [-0.4, -0.2) is 31.3 Å². The quantitative estimate of drug-likeness (QED) is 0.899. The van der Waals surface area contributed by atoms with Crippen molar-refractivity contribution in [2.45, 2.75) is 51.7 Å². The first-order valence-corrected chi connectivity index (χ1v) is 8.31. The van der Waals surface area contributed by atoms with Gasteiger partial charge in [-0.1, -0.05) is 26.0 Å². The molecular formula is C18H28N2O. The fourth-order valence-corrected chi connectivity index (χ4v) is 3.70. The van der Waals surface area contributed by atoms with Crippen LogP contribution >= 0.6 is 0 Å². The van der Waals surface area contributed by atoms with Gasteiger partial charge in [0.05, 0.1) is 13.3 Å². The highest BCUT2D eigenvalue weighted by molar-refractivity contribution is 5.38. The maximum Gasteiger partial charge on any atom is 0.123 e. The van der Waals surface area contributed by atoms with Gasteiger partial charge in [0.2, 0.25) is 0 Å². The summed E-state index contributed by atoms with van der Waals surface area (Å²) in [6.07, 6.45) is 4.66. The summed E-state index contributed by atoms with van der Waals surface area (Å²) in [5.41, 5.74) is 2.67. The van der Waals surface area contributed by atoms with Crippen molar-refractivity contribution in [1.29, 1.82) is 0 Å². The molecule has 0 spiro atoms. The summed E-state index contributed by atoms with van der Waals surface area (Å²) < 4.78 is 5.53. The van der Waals surface area contributed by atoms with E-state index >= 15 is 0 Å². The van der Waals surface area contributed by atoms with E-state index in [0.717, 1.165) is 18.2 Å². The monoisotopic (exact) mass is 288 g/mol. The molecule has 0 amide bonds. The van der Waals surface area contributed by atoms with E-state index in [2.05, 4.69) is 42.3 Å². The summed E-state index contributed by atoms with van der Waals surface area (Å²) in [4.78, 5) is 2.61. The van der Waals surface area contributed by atoms with Crippen molar-refractivity contribution in [3.05, 3.63) is 29.3 Å². The fourth-order valence-electron chi connectivity index (χ4n) is 3.70. The molecule has 1 aromatic carbocycles. The average molecular weight is 288 g/mol. The lowest BCUT2D eigenvalue weighted by atomic mass is 9.86. The second-order valence-corrected chi connectivity index (χ2v) is 6.84. The predicted octanol–water partition coefficient (Wildman–Crippen LogP) is 3.35. The Morgan fingerprint density at radius 1 is 1.29 bits per heavy atom. The smallest absolute Gasteiger partial charge is 0.123 e. The molecule has 3 heterocycles. The summed E-state index contributed by atoms with van der Waals surface area (Å²) in [7, 11) is 1.76. The standard InChI is InChI=1S/C18H28N2O/c1-13(2)15-4-5-17(21-3)16(11-15)12-19-18-10-14-6-8-20(18)9-7-14/h4-5,11,13-14,18-19H,6-10,12H2,1-3H3. The summed E-state index contributed by atoms with van der Waals surface area (Å²) >= 11 is 0. The van der Waals surface area contributed by atoms with Crippen molar-refractivity contribution in [2.24, 2.45) is 5.92 Å². The van der Waals surface area contributed by atoms with Crippen LogP contribution < -0.4 is 10.1 Å². The van der Waals surface area contributed by atoms with Crippen LogP contribution in [0.25, 0.3) is 0 Å². The van der Waals surface area contributed by atoms with E-state index in [9.17, 15) is 0 Å². The molecule has 1 N–H and O–H groups in total. The SMILES string of the molecule is COc1ccc(C(C)C)cc1CNC1CC2CCN1CC2. The lowest BCUT2D eigenvalue weighted by molar-refractivity contribution is 0.0302. The number of ether oxygens (including phenoxy) is 1. The predicted molar refractivity (Wildman–Crippen MR) is 86.6 cm³/mol. The Morgan fingerprint density at radius 2 is 2.05 bits per heavy atom. The molecule has 3 fully saturated rings. The van der Waals surface area contributed by atoms with Crippen molar-refractivity contribution < 1.29 is 4.74 Å². The van der Waals surface area contributed by atoms with Crippen LogP contribution in [0.2, 0.25) is 0 Å². The molecule has 116 valence electrons. The van der Waals surface area contributed by atoms with E-state index < -0.39 is 0 Å². The van der Waals surface area contributed by atoms with Gasteiger partial charge in [0.15, 0.2) is 0 Å². The first kappa shape index (κ1) is 14.9. The summed E-state index contributed by atoms with van der Waals surface area (Å²) in [6.45, 7) is 7.92. The van der Waals surface area contributed by atoms with Gasteiger partial charge in [0, 0.05) is 12.1 Å². The van der Waals surface area contributed by atoms with Gasteiger partial charge in [-0.25, -0.2) is 0 Å². The lowest BCUT2D eigenvalue weighted by Crippen LogP contribution is -2.54. The number of hydrogen-bond donors (Lipinski definition) is 1. The molecule has 3 aliphatic heterocycles. The Kier molecular flexibility index (Phi) is 4.51. The molecule has 0 aromatic heterocycles. The number of methoxy groups -OCH3 is 1. The van der Waals surface area contributed by atoms with Gasteiger partial charge in [-0.05, 0) is 55.8 Å². The Labute approximate surface area is 128 Å². The van der Waals surface area contributed by atoms with Crippen molar-refractivity contribution in [3.8, 4) is 5.75 Å². The fraction of sp³-hybridized carbons (Fsp3) is 0.667. The molecule has 1 unspecified atom stereocenters. The summed E-state index contributed by atoms with van der Waals surface area (Å²) in [6, 6.07) is 6.59. The Balaban J connectivity index is 1.67. The van der Waals surface area contributed by atoms with E-state index in [-0.39, 0.29) is 0 Å². The molecular weight excluding hydrogens is 260 g/mol. The van der Waals surface area contributed by atoms with Gasteiger partial charge in [-0.3, -0.25) is 10.2 Å². The topological polar surface area (TPSA) is 24.5 Å². The number of piperidine rings is 3. The van der Waals surface area contributed by atoms with Crippen molar-refractivity contribution >= 4 is 0 Å². The van der Waals surface area contributed by atoms with Crippen molar-refractivity contribution in [1.82, 2.24) is 10.2 Å². The molecule has 3 nitrogen and oxygen atoms in total. The third-order valence-corrected chi connectivity index (χ3v) is 5.15. The highest BCUT2D eigenvalue weighted by Crippen LogP contribution is 2.31. The van der Waals surface area contributed by atoms with Gasteiger partial charge >= 0.3 is 0 Å². The van der Waals surface area contributed by atoms with Crippen LogP contribution in [0.15, 0.2) is 18.2 Å². The number of fused-ring (bicyclic) bond motifs is 3. The van der Waals surface area contributed by atoms with Gasteiger partial charge in [-0.2, -0.15) is 0 Å². The Hall–Kier alpha value is -1.06. The Bertz CT molecular complexity index is 478. The van der Waals surface area contributed by atoms with Crippen LogP contribution in [0.5, 0.6) is 5.75 Å². The van der Waals surface area contributed by atoms with Crippen molar-refractivity contribution in [2.75, 3.05) is 20.2 Å². The molecule has 1 aromatic rings. The van der Waals surface area contributed by atoms with Crippen molar-refractivity contribution in [3.63, 3.8) is 0 Å². The van der Waals surface area contributed by atoms with Crippen LogP contribution in [0.1, 0.15) is 50.2 Å². The third kappa shape index (κ3) is 3.24. The molecule has 0 saturated carbocycles. The van der Waals surface area contributed by atoms with E-state index in [1.54, 1.807) is 7.11 Å². The largest absolute Gasteiger partial charge is 0.496 e. The number of nitrogens with one attached hydrogen (secondary N) is 1. The summed E-state index contributed by atoms with van der Waals surface area (Å²) in [5.74, 6) is 2.50. The second kappa shape index (κ2) is 6.37. The van der Waals surface area contributed by atoms with Gasteiger partial charge < -0.3 is 4.74 Å². The first-order chi connectivity index (χ1) is 10.2. The van der Waals surface area contributed by atoms with E-state index in [4.69, 9.17) is 4.74 Å². The zero-order valence-electron chi connectivity index (χ0n) is 13.6. The van der Waals surface area contributed by atoms with E-state index in [0.29, 0.717) is 12.1 Å². The summed E-state index contributed by atoms with van der Waals surface area (Å²) in [5, 5.41) is 3.76. The zero-order chi connectivity index (χ0) is 14.8. The number of nitrogens with zero attached hydrogens (tertiary/aromatic N) is 1. The van der Waals surface area contributed by atoms with Crippen LogP contribution in [0.3, 0.4) is 0 Å². The minimum Gasteiger partial charge on any atom is -0.496 e. The maximum absolute atomic E-state index is 5.53. The number of rotatable bonds is 5. The van der Waals surface area contributed by atoms with Crippen LogP contribution in [-0.2, 0) is 6.54 Å². The average Bonchev–Trinajstić information content (AvgIpc) is 2.53. The highest BCUT2D eigenvalue weighted by atomic mass is 16.5. The second-order valence-electron chi connectivity index (χ2n) is 6.84. The molecule has 0 aliphatic carbocycles. The van der Waals surface area contributed by atoms with E-state index in [1.807, 2.05) is 0 Å². The van der Waals surface area contributed by atoms with Gasteiger partial charge in [-0.15, -0.1) is 0 Å². The molecule has 2 bridgehead atoms. The molecule has 1 atom stereocenters. The zero-order valence-corrected chi connectivity index (χ0v) is 13.6. The van der Waals surface area contributed by atoms with Crippen LogP contribution in [0.4, 0.5) is 0 Å². The van der Waals surface area contributed by atoms with E-state index in [1.165, 1.54) is 43.5 Å². The molecule has 0 radical (unpaired) electrons. The first-order valence-electron chi connectivity index (χ1n) is 8.31. The highest BCUT2D eigenvalue weighted by Gasteiger charge is 2.33. The number of benzene rings is 1. The Morgan fingerprint density at radius 3 is 2.62 bits per heavy atom. The minimum atomic E-state index is 0.559. The third-order valence-electron chi connectivity index (χ3n) is 5.15. The lowest BCUT2D eigenvalue weighted by Gasteiger charge is -2.45. The van der Waals surface area contributed by atoms with Crippen LogP contribution in [0, 0.1) is 5.92 Å². The minimum absolute atomic E-state index is 0.559.